The molecule has 0 aliphatic carbocycles. The lowest BCUT2D eigenvalue weighted by atomic mass is 9.99. The largest absolute Gasteiger partial charge is 0.313 e. The number of fused-ring (bicyclic) bond motifs is 1. The Morgan fingerprint density at radius 2 is 2.35 bits per heavy atom. The predicted molar refractivity (Wildman–Crippen MR) is 70.9 cm³/mol. The second kappa shape index (κ2) is 4.34. The molecule has 2 aromatic rings. The van der Waals surface area contributed by atoms with E-state index in [1.807, 2.05) is 6.20 Å². The number of rotatable bonds is 2. The molecule has 2 heterocycles. The molecule has 0 radical (unpaired) electrons. The molecular formula is C14H17N3. The Balaban J connectivity index is 2.08. The second-order valence-electron chi connectivity index (χ2n) is 4.42. The van der Waals surface area contributed by atoms with Gasteiger partial charge in [-0.3, -0.25) is 4.68 Å². The molecule has 1 aliphatic heterocycles. The monoisotopic (exact) mass is 227 g/mol. The van der Waals surface area contributed by atoms with Crippen LogP contribution in [-0.2, 0) is 6.54 Å². The number of benzene rings is 1. The summed E-state index contributed by atoms with van der Waals surface area (Å²) in [7, 11) is 0. The molecule has 0 unspecified atom stereocenters. The maximum atomic E-state index is 4.38. The lowest BCUT2D eigenvalue weighted by molar-refractivity contribution is 0.684. The third-order valence-corrected chi connectivity index (χ3v) is 3.38. The van der Waals surface area contributed by atoms with E-state index in [0.29, 0.717) is 0 Å². The molecule has 0 fully saturated rings. The van der Waals surface area contributed by atoms with Crippen LogP contribution in [0.3, 0.4) is 0 Å². The lowest BCUT2D eigenvalue weighted by Gasteiger charge is -2.14. The molecule has 0 atom stereocenters. The summed E-state index contributed by atoms with van der Waals surface area (Å²) in [6.07, 6.45) is 5.35. The van der Waals surface area contributed by atoms with Gasteiger partial charge in [0.1, 0.15) is 0 Å². The molecule has 1 N–H and O–H groups in total. The Morgan fingerprint density at radius 1 is 1.41 bits per heavy atom. The zero-order valence-electron chi connectivity index (χ0n) is 10.1. The van der Waals surface area contributed by atoms with E-state index in [4.69, 9.17) is 0 Å². The van der Waals surface area contributed by atoms with Crippen LogP contribution >= 0.6 is 0 Å². The predicted octanol–water partition coefficient (Wildman–Crippen LogP) is 2.43. The summed E-state index contributed by atoms with van der Waals surface area (Å²) in [5.74, 6) is 0. The van der Waals surface area contributed by atoms with Crippen molar-refractivity contribution in [3.63, 3.8) is 0 Å². The van der Waals surface area contributed by atoms with E-state index in [9.17, 15) is 0 Å². The quantitative estimate of drug-likeness (QED) is 0.854. The minimum absolute atomic E-state index is 0.924. The van der Waals surface area contributed by atoms with E-state index in [2.05, 4.69) is 46.3 Å². The van der Waals surface area contributed by atoms with Gasteiger partial charge >= 0.3 is 0 Å². The van der Waals surface area contributed by atoms with Crippen molar-refractivity contribution in [2.75, 3.05) is 13.1 Å². The van der Waals surface area contributed by atoms with Crippen molar-refractivity contribution in [1.29, 1.82) is 0 Å². The number of aryl methyl sites for hydroxylation is 1. The van der Waals surface area contributed by atoms with Gasteiger partial charge in [0.05, 0.1) is 11.7 Å². The molecule has 1 aliphatic rings. The van der Waals surface area contributed by atoms with Gasteiger partial charge < -0.3 is 5.32 Å². The van der Waals surface area contributed by atoms with E-state index in [1.165, 1.54) is 22.0 Å². The van der Waals surface area contributed by atoms with Crippen molar-refractivity contribution in [2.45, 2.75) is 19.9 Å². The van der Waals surface area contributed by atoms with Gasteiger partial charge in [-0.1, -0.05) is 18.2 Å². The van der Waals surface area contributed by atoms with Crippen LogP contribution < -0.4 is 5.32 Å². The van der Waals surface area contributed by atoms with Crippen LogP contribution in [0.15, 0.2) is 30.5 Å². The summed E-state index contributed by atoms with van der Waals surface area (Å²) in [4.78, 5) is 0. The standard InChI is InChI=1S/C14H17N3/c1-2-17-14-9-12(3-4-13(14)10-16-17)11-5-7-15-8-6-11/h3-5,9-10,15H,2,6-8H2,1H3. The first-order chi connectivity index (χ1) is 8.38. The molecule has 88 valence electrons. The van der Waals surface area contributed by atoms with E-state index < -0.39 is 0 Å². The summed E-state index contributed by atoms with van der Waals surface area (Å²) in [5, 5.41) is 8.96. The van der Waals surface area contributed by atoms with Crippen molar-refractivity contribution in [1.82, 2.24) is 15.1 Å². The van der Waals surface area contributed by atoms with E-state index in [-0.39, 0.29) is 0 Å². The Hall–Kier alpha value is -1.61. The Labute approximate surface area is 101 Å². The van der Waals surface area contributed by atoms with E-state index in [0.717, 1.165) is 26.1 Å². The molecule has 0 saturated carbocycles. The second-order valence-corrected chi connectivity index (χ2v) is 4.42. The summed E-state index contributed by atoms with van der Waals surface area (Å²) in [6.45, 7) is 5.12. The topological polar surface area (TPSA) is 29.9 Å². The van der Waals surface area contributed by atoms with Gasteiger partial charge in [-0.15, -0.1) is 0 Å². The van der Waals surface area contributed by atoms with E-state index in [1.54, 1.807) is 0 Å². The van der Waals surface area contributed by atoms with Gasteiger partial charge in [0.25, 0.3) is 0 Å². The molecule has 1 aromatic carbocycles. The number of aromatic nitrogens is 2. The fourth-order valence-corrected chi connectivity index (χ4v) is 2.41. The zero-order chi connectivity index (χ0) is 11.7. The molecular weight excluding hydrogens is 210 g/mol. The van der Waals surface area contributed by atoms with Gasteiger partial charge in [0.15, 0.2) is 0 Å². The minimum Gasteiger partial charge on any atom is -0.313 e. The average molecular weight is 227 g/mol. The van der Waals surface area contributed by atoms with Crippen LogP contribution in [-0.4, -0.2) is 22.9 Å². The van der Waals surface area contributed by atoms with Gasteiger partial charge in [-0.2, -0.15) is 5.10 Å². The first-order valence-electron chi connectivity index (χ1n) is 6.24. The number of nitrogens with zero attached hydrogens (tertiary/aromatic N) is 2. The SMILES string of the molecule is CCn1ncc2ccc(C3=CCNCC3)cc21. The third kappa shape index (κ3) is 1.87. The summed E-state index contributed by atoms with van der Waals surface area (Å²) >= 11 is 0. The third-order valence-electron chi connectivity index (χ3n) is 3.38. The van der Waals surface area contributed by atoms with Crippen LogP contribution in [0.25, 0.3) is 16.5 Å². The number of hydrogen-bond acceptors (Lipinski definition) is 2. The average Bonchev–Trinajstić information content (AvgIpc) is 2.81. The van der Waals surface area contributed by atoms with Crippen molar-refractivity contribution >= 4 is 16.5 Å². The first kappa shape index (κ1) is 10.5. The van der Waals surface area contributed by atoms with Gasteiger partial charge in [-0.05, 0) is 37.1 Å². The van der Waals surface area contributed by atoms with Crippen LogP contribution in [0.5, 0.6) is 0 Å². The molecule has 3 nitrogen and oxygen atoms in total. The normalized spacial score (nSPS) is 16.2. The van der Waals surface area contributed by atoms with Crippen LogP contribution in [0.2, 0.25) is 0 Å². The molecule has 0 saturated heterocycles. The molecule has 0 spiro atoms. The fraction of sp³-hybridized carbons (Fsp3) is 0.357. The zero-order valence-corrected chi connectivity index (χ0v) is 10.1. The molecule has 0 bridgehead atoms. The molecule has 3 rings (SSSR count). The van der Waals surface area contributed by atoms with Gasteiger partial charge in [-0.25, -0.2) is 0 Å². The summed E-state index contributed by atoms with van der Waals surface area (Å²) in [6, 6.07) is 6.65. The fourth-order valence-electron chi connectivity index (χ4n) is 2.41. The minimum atomic E-state index is 0.924. The number of hydrogen-bond donors (Lipinski definition) is 1. The maximum absolute atomic E-state index is 4.38. The molecule has 1 aromatic heterocycles. The Bertz CT molecular complexity index is 566. The van der Waals surface area contributed by atoms with Crippen molar-refractivity contribution < 1.29 is 0 Å². The number of nitrogens with one attached hydrogen (secondary N) is 1. The van der Waals surface area contributed by atoms with Crippen molar-refractivity contribution in [3.05, 3.63) is 36.0 Å². The first-order valence-corrected chi connectivity index (χ1v) is 6.24. The molecule has 17 heavy (non-hydrogen) atoms. The Morgan fingerprint density at radius 3 is 3.12 bits per heavy atom. The molecule has 0 amide bonds. The maximum Gasteiger partial charge on any atom is 0.0688 e. The Kier molecular flexibility index (Phi) is 2.69. The van der Waals surface area contributed by atoms with Crippen LogP contribution in [0, 0.1) is 0 Å². The highest BCUT2D eigenvalue weighted by Gasteiger charge is 2.08. The highest BCUT2D eigenvalue weighted by Crippen LogP contribution is 2.24. The highest BCUT2D eigenvalue weighted by atomic mass is 15.3. The highest BCUT2D eigenvalue weighted by molar-refractivity contribution is 5.83. The lowest BCUT2D eigenvalue weighted by Crippen LogP contribution is -2.20. The van der Waals surface area contributed by atoms with Crippen LogP contribution in [0.1, 0.15) is 18.9 Å². The molecule has 3 heteroatoms. The van der Waals surface area contributed by atoms with E-state index >= 15 is 0 Å². The van der Waals surface area contributed by atoms with Crippen molar-refractivity contribution in [2.24, 2.45) is 0 Å². The van der Waals surface area contributed by atoms with Gasteiger partial charge in [0, 0.05) is 18.5 Å². The van der Waals surface area contributed by atoms with Crippen LogP contribution in [0.4, 0.5) is 0 Å². The van der Waals surface area contributed by atoms with Gasteiger partial charge in [0.2, 0.25) is 0 Å². The summed E-state index contributed by atoms with van der Waals surface area (Å²) in [5.41, 5.74) is 4.04. The summed E-state index contributed by atoms with van der Waals surface area (Å²) < 4.78 is 2.06. The smallest absolute Gasteiger partial charge is 0.0688 e. The van der Waals surface area contributed by atoms with Crippen molar-refractivity contribution in [3.8, 4) is 0 Å².